The number of hydrogen-bond acceptors (Lipinski definition) is 5. The number of hydrogen-bond donors (Lipinski definition) is 0. The van der Waals surface area contributed by atoms with E-state index in [2.05, 4.69) is 20.9 Å². The molecular formula is C11H13BrN2O4. The molecule has 1 rings (SSSR count). The number of esters is 1. The highest BCUT2D eigenvalue weighted by Crippen LogP contribution is 2.21. The molecule has 98 valence electrons. The molecule has 1 unspecified atom stereocenters. The molecule has 1 aromatic rings. The van der Waals surface area contributed by atoms with Crippen LogP contribution in [0, 0.1) is 16.0 Å². The number of ether oxygens (including phenoxy) is 1. The molecule has 0 aromatic carbocycles. The second kappa shape index (κ2) is 5.90. The van der Waals surface area contributed by atoms with Crippen LogP contribution in [0.1, 0.15) is 31.1 Å². The Balaban J connectivity index is 2.98. The molecule has 0 saturated heterocycles. The molecule has 0 amide bonds. The molecule has 1 aromatic heterocycles. The van der Waals surface area contributed by atoms with Crippen molar-refractivity contribution in [3.8, 4) is 0 Å². The minimum absolute atomic E-state index is 0.101. The first-order valence-corrected chi connectivity index (χ1v) is 6.13. The Morgan fingerprint density at radius 1 is 1.50 bits per heavy atom. The maximum absolute atomic E-state index is 11.9. The first-order valence-electron chi connectivity index (χ1n) is 5.33. The van der Waals surface area contributed by atoms with Gasteiger partial charge in [-0.1, -0.05) is 13.8 Å². The van der Waals surface area contributed by atoms with E-state index in [1.807, 2.05) is 13.8 Å². The van der Waals surface area contributed by atoms with Gasteiger partial charge in [-0.25, -0.2) is 4.79 Å². The lowest BCUT2D eigenvalue weighted by Gasteiger charge is -2.16. The van der Waals surface area contributed by atoms with Gasteiger partial charge in [-0.15, -0.1) is 0 Å². The van der Waals surface area contributed by atoms with E-state index in [9.17, 15) is 14.9 Å². The smallest absolute Gasteiger partial charge is 0.364 e. The number of carbonyl (C=O) groups is 1. The molecule has 0 aliphatic carbocycles. The van der Waals surface area contributed by atoms with Crippen LogP contribution in [0.25, 0.3) is 0 Å². The van der Waals surface area contributed by atoms with Crippen LogP contribution >= 0.6 is 15.9 Å². The summed E-state index contributed by atoms with van der Waals surface area (Å²) in [5.74, 6) is -0.819. The third-order valence-corrected chi connectivity index (χ3v) is 3.11. The monoisotopic (exact) mass is 316 g/mol. The van der Waals surface area contributed by atoms with Crippen LogP contribution in [0.4, 0.5) is 5.82 Å². The summed E-state index contributed by atoms with van der Waals surface area (Å²) in [4.78, 5) is 25.4. The van der Waals surface area contributed by atoms with Gasteiger partial charge in [-0.05, 0) is 38.7 Å². The first kappa shape index (κ1) is 14.6. The zero-order valence-corrected chi connectivity index (χ0v) is 11.8. The van der Waals surface area contributed by atoms with Crippen molar-refractivity contribution >= 4 is 27.7 Å². The van der Waals surface area contributed by atoms with Crippen molar-refractivity contribution in [1.82, 2.24) is 4.98 Å². The molecule has 1 atom stereocenters. The lowest BCUT2D eigenvalue weighted by Crippen LogP contribution is -2.20. The van der Waals surface area contributed by atoms with Gasteiger partial charge in [0.1, 0.15) is 6.10 Å². The molecule has 18 heavy (non-hydrogen) atoms. The van der Waals surface area contributed by atoms with Gasteiger partial charge in [-0.3, -0.25) is 0 Å². The summed E-state index contributed by atoms with van der Waals surface area (Å²) in [7, 11) is 0. The van der Waals surface area contributed by atoms with E-state index in [1.54, 1.807) is 6.92 Å². The highest BCUT2D eigenvalue weighted by atomic mass is 79.9. The molecule has 0 aliphatic heterocycles. The van der Waals surface area contributed by atoms with Crippen molar-refractivity contribution in [3.63, 3.8) is 0 Å². The number of halogens is 1. The molecule has 0 bridgehead atoms. The number of carbonyl (C=O) groups excluding carboxylic acids is 1. The fraction of sp³-hybridized carbons (Fsp3) is 0.455. The largest absolute Gasteiger partial charge is 0.459 e. The van der Waals surface area contributed by atoms with Crippen molar-refractivity contribution in [2.75, 3.05) is 0 Å². The van der Waals surface area contributed by atoms with Gasteiger partial charge in [0, 0.05) is 0 Å². The SMILES string of the molecule is CC(C)C(C)OC(=O)c1cc([N+](=O)[O-])ncc1Br. The summed E-state index contributed by atoms with van der Waals surface area (Å²) in [5.41, 5.74) is 0.101. The van der Waals surface area contributed by atoms with E-state index < -0.39 is 10.9 Å². The fourth-order valence-corrected chi connectivity index (χ4v) is 1.43. The Morgan fingerprint density at radius 3 is 2.61 bits per heavy atom. The van der Waals surface area contributed by atoms with E-state index in [-0.39, 0.29) is 23.4 Å². The quantitative estimate of drug-likeness (QED) is 0.484. The number of nitro groups is 1. The number of rotatable bonds is 4. The van der Waals surface area contributed by atoms with E-state index in [0.717, 1.165) is 6.07 Å². The van der Waals surface area contributed by atoms with Crippen LogP contribution in [0.3, 0.4) is 0 Å². The van der Waals surface area contributed by atoms with Gasteiger partial charge >= 0.3 is 11.8 Å². The standard InChI is InChI=1S/C11H13BrN2O4/c1-6(2)7(3)18-11(15)8-4-10(14(16)17)13-5-9(8)12/h4-7H,1-3H3. The average Bonchev–Trinajstić information content (AvgIpc) is 2.28. The molecule has 1 heterocycles. The second-order valence-electron chi connectivity index (χ2n) is 4.13. The summed E-state index contributed by atoms with van der Waals surface area (Å²) in [5, 5.41) is 10.6. The van der Waals surface area contributed by atoms with Crippen molar-refractivity contribution in [1.29, 1.82) is 0 Å². The van der Waals surface area contributed by atoms with Crippen LogP contribution in [-0.2, 0) is 4.74 Å². The van der Waals surface area contributed by atoms with Crippen LogP contribution in [0.2, 0.25) is 0 Å². The van der Waals surface area contributed by atoms with Crippen LogP contribution < -0.4 is 0 Å². The third kappa shape index (κ3) is 3.49. The van der Waals surface area contributed by atoms with E-state index >= 15 is 0 Å². The zero-order valence-electron chi connectivity index (χ0n) is 10.2. The summed E-state index contributed by atoms with van der Waals surface area (Å²) in [6.45, 7) is 5.61. The first-order chi connectivity index (χ1) is 8.32. The Kier molecular flexibility index (Phi) is 4.77. The third-order valence-electron chi connectivity index (χ3n) is 2.48. The van der Waals surface area contributed by atoms with Gasteiger partial charge in [0.05, 0.1) is 16.1 Å². The van der Waals surface area contributed by atoms with Gasteiger partial charge in [0.2, 0.25) is 0 Å². The maximum Gasteiger partial charge on any atom is 0.364 e. The van der Waals surface area contributed by atoms with Gasteiger partial charge in [0.15, 0.2) is 6.20 Å². The van der Waals surface area contributed by atoms with Crippen molar-refractivity contribution in [2.24, 2.45) is 5.92 Å². The van der Waals surface area contributed by atoms with Gasteiger partial charge in [0.25, 0.3) is 0 Å². The lowest BCUT2D eigenvalue weighted by atomic mass is 10.1. The summed E-state index contributed by atoms with van der Waals surface area (Å²) in [6.07, 6.45) is 0.950. The van der Waals surface area contributed by atoms with Gasteiger partial charge < -0.3 is 14.9 Å². The fourth-order valence-electron chi connectivity index (χ4n) is 1.05. The molecule has 0 fully saturated rings. The molecule has 0 aliphatic rings. The Bertz CT molecular complexity index is 476. The minimum Gasteiger partial charge on any atom is -0.459 e. The Labute approximate surface area is 113 Å². The predicted molar refractivity (Wildman–Crippen MR) is 68.3 cm³/mol. The zero-order chi connectivity index (χ0) is 13.9. The highest BCUT2D eigenvalue weighted by Gasteiger charge is 2.21. The van der Waals surface area contributed by atoms with E-state index in [1.165, 1.54) is 6.20 Å². The topological polar surface area (TPSA) is 82.3 Å². The molecule has 0 radical (unpaired) electrons. The van der Waals surface area contributed by atoms with Crippen molar-refractivity contribution in [2.45, 2.75) is 26.9 Å². The minimum atomic E-state index is -0.658. The molecule has 0 spiro atoms. The predicted octanol–water partition coefficient (Wildman–Crippen LogP) is 2.95. The molecule has 7 heteroatoms. The molecule has 6 nitrogen and oxygen atoms in total. The Morgan fingerprint density at radius 2 is 2.11 bits per heavy atom. The van der Waals surface area contributed by atoms with E-state index in [0.29, 0.717) is 4.47 Å². The second-order valence-corrected chi connectivity index (χ2v) is 4.99. The van der Waals surface area contributed by atoms with Crippen LogP contribution in [0.15, 0.2) is 16.7 Å². The van der Waals surface area contributed by atoms with Crippen LogP contribution in [-0.4, -0.2) is 22.0 Å². The molecule has 0 N–H and O–H groups in total. The van der Waals surface area contributed by atoms with E-state index in [4.69, 9.17) is 4.74 Å². The molecular weight excluding hydrogens is 304 g/mol. The maximum atomic E-state index is 11.9. The summed E-state index contributed by atoms with van der Waals surface area (Å²) in [6, 6.07) is 1.10. The normalized spacial score (nSPS) is 12.3. The highest BCUT2D eigenvalue weighted by molar-refractivity contribution is 9.10. The van der Waals surface area contributed by atoms with Gasteiger partial charge in [-0.2, -0.15) is 0 Å². The number of nitrogens with zero attached hydrogens (tertiary/aromatic N) is 2. The lowest BCUT2D eigenvalue weighted by molar-refractivity contribution is -0.389. The molecule has 0 saturated carbocycles. The van der Waals surface area contributed by atoms with Crippen LogP contribution in [0.5, 0.6) is 0 Å². The summed E-state index contributed by atoms with van der Waals surface area (Å²) < 4.78 is 5.56. The summed E-state index contributed by atoms with van der Waals surface area (Å²) >= 11 is 3.12. The Hall–Kier alpha value is -1.50. The van der Waals surface area contributed by atoms with Crippen molar-refractivity contribution < 1.29 is 14.5 Å². The average molecular weight is 317 g/mol. The number of aromatic nitrogens is 1. The van der Waals surface area contributed by atoms with Crippen molar-refractivity contribution in [3.05, 3.63) is 32.4 Å². The number of pyridine rings is 1.